The SMILES string of the molecule is Cc1sc(C(=O)NN)cc1COc1cccc(Cl)c1F. The highest BCUT2D eigenvalue weighted by molar-refractivity contribution is 7.14. The normalized spacial score (nSPS) is 10.4. The van der Waals surface area contributed by atoms with E-state index in [0.29, 0.717) is 4.88 Å². The molecule has 0 fully saturated rings. The predicted octanol–water partition coefficient (Wildman–Crippen LogP) is 3.03. The summed E-state index contributed by atoms with van der Waals surface area (Å²) in [6.07, 6.45) is 0. The first-order valence-electron chi connectivity index (χ1n) is 5.70. The molecule has 0 aliphatic heterocycles. The summed E-state index contributed by atoms with van der Waals surface area (Å²) >= 11 is 6.97. The summed E-state index contributed by atoms with van der Waals surface area (Å²) in [6.45, 7) is 2.00. The molecule has 7 heteroatoms. The number of aryl methyl sites for hydroxylation is 1. The van der Waals surface area contributed by atoms with Gasteiger partial charge in [0, 0.05) is 10.4 Å². The maximum absolute atomic E-state index is 13.7. The molecule has 0 atom stereocenters. The van der Waals surface area contributed by atoms with Crippen LogP contribution in [0.2, 0.25) is 5.02 Å². The number of nitrogens with two attached hydrogens (primary N) is 1. The van der Waals surface area contributed by atoms with Crippen molar-refractivity contribution in [2.45, 2.75) is 13.5 Å². The number of hydrogen-bond donors (Lipinski definition) is 2. The predicted molar refractivity (Wildman–Crippen MR) is 76.5 cm³/mol. The average Bonchev–Trinajstić information content (AvgIpc) is 2.81. The van der Waals surface area contributed by atoms with Gasteiger partial charge in [0.25, 0.3) is 5.91 Å². The van der Waals surface area contributed by atoms with E-state index in [-0.39, 0.29) is 23.3 Å². The highest BCUT2D eigenvalue weighted by Gasteiger charge is 2.13. The molecular formula is C13H12ClFN2O2S. The molecule has 1 heterocycles. The summed E-state index contributed by atoms with van der Waals surface area (Å²) in [5.74, 6) is 4.20. The Balaban J connectivity index is 2.13. The zero-order valence-corrected chi connectivity index (χ0v) is 12.1. The minimum atomic E-state index is -0.595. The number of amides is 1. The number of benzene rings is 1. The van der Waals surface area contributed by atoms with Crippen molar-refractivity contribution in [1.82, 2.24) is 5.43 Å². The number of hydrazine groups is 1. The van der Waals surface area contributed by atoms with Crippen LogP contribution in [0, 0.1) is 12.7 Å². The summed E-state index contributed by atoms with van der Waals surface area (Å²) in [6, 6.07) is 6.22. The zero-order chi connectivity index (χ0) is 14.7. The third-order valence-corrected chi connectivity index (χ3v) is 4.06. The monoisotopic (exact) mass is 314 g/mol. The van der Waals surface area contributed by atoms with Crippen molar-refractivity contribution in [2.24, 2.45) is 5.84 Å². The highest BCUT2D eigenvalue weighted by atomic mass is 35.5. The van der Waals surface area contributed by atoms with Gasteiger partial charge in [0.2, 0.25) is 0 Å². The number of nitrogen functional groups attached to an aromatic ring is 1. The molecule has 1 aromatic heterocycles. The van der Waals surface area contributed by atoms with Crippen LogP contribution in [0.4, 0.5) is 4.39 Å². The minimum absolute atomic E-state index is 0.00717. The van der Waals surface area contributed by atoms with Gasteiger partial charge in [-0.3, -0.25) is 10.2 Å². The van der Waals surface area contributed by atoms with Crippen molar-refractivity contribution in [2.75, 3.05) is 0 Å². The molecule has 0 unspecified atom stereocenters. The molecule has 0 spiro atoms. The molecule has 0 aliphatic carbocycles. The molecule has 3 N–H and O–H groups in total. The van der Waals surface area contributed by atoms with Crippen molar-refractivity contribution in [1.29, 1.82) is 0 Å². The Morgan fingerprint density at radius 3 is 3.00 bits per heavy atom. The van der Waals surface area contributed by atoms with E-state index < -0.39 is 5.82 Å². The first-order valence-corrected chi connectivity index (χ1v) is 6.89. The lowest BCUT2D eigenvalue weighted by Gasteiger charge is -2.07. The van der Waals surface area contributed by atoms with Gasteiger partial charge in [0.1, 0.15) is 6.61 Å². The van der Waals surface area contributed by atoms with Gasteiger partial charge in [-0.1, -0.05) is 17.7 Å². The molecule has 1 amide bonds. The number of thiophene rings is 1. The molecule has 0 aliphatic rings. The van der Waals surface area contributed by atoms with Gasteiger partial charge in [-0.2, -0.15) is 0 Å². The van der Waals surface area contributed by atoms with Crippen LogP contribution in [0.1, 0.15) is 20.1 Å². The summed E-state index contributed by atoms with van der Waals surface area (Å²) in [7, 11) is 0. The fraction of sp³-hybridized carbons (Fsp3) is 0.154. The summed E-state index contributed by atoms with van der Waals surface area (Å²) < 4.78 is 19.1. The quantitative estimate of drug-likeness (QED) is 0.518. The molecule has 0 radical (unpaired) electrons. The first-order chi connectivity index (χ1) is 9.52. The van der Waals surface area contributed by atoms with Gasteiger partial charge in [-0.25, -0.2) is 10.2 Å². The van der Waals surface area contributed by atoms with Crippen molar-refractivity contribution in [3.8, 4) is 5.75 Å². The van der Waals surface area contributed by atoms with Gasteiger partial charge in [-0.05, 0) is 25.1 Å². The van der Waals surface area contributed by atoms with Crippen LogP contribution < -0.4 is 16.0 Å². The molecule has 106 valence electrons. The number of halogens is 2. The van der Waals surface area contributed by atoms with E-state index >= 15 is 0 Å². The molecular weight excluding hydrogens is 303 g/mol. The number of nitrogens with one attached hydrogen (secondary N) is 1. The van der Waals surface area contributed by atoms with Crippen LogP contribution in [0.15, 0.2) is 24.3 Å². The molecule has 1 aromatic carbocycles. The van der Waals surface area contributed by atoms with Crippen molar-refractivity contribution in [3.63, 3.8) is 0 Å². The third kappa shape index (κ3) is 3.09. The van der Waals surface area contributed by atoms with Crippen molar-refractivity contribution < 1.29 is 13.9 Å². The summed E-state index contributed by atoms with van der Waals surface area (Å²) in [5, 5.41) is 0.00717. The number of hydrogen-bond acceptors (Lipinski definition) is 4. The van der Waals surface area contributed by atoms with Crippen molar-refractivity contribution >= 4 is 28.8 Å². The van der Waals surface area contributed by atoms with E-state index in [1.165, 1.54) is 23.5 Å². The molecule has 4 nitrogen and oxygen atoms in total. The molecule has 2 aromatic rings. The van der Waals surface area contributed by atoms with Gasteiger partial charge >= 0.3 is 0 Å². The average molecular weight is 315 g/mol. The lowest BCUT2D eigenvalue weighted by atomic mass is 10.2. The largest absolute Gasteiger partial charge is 0.486 e. The fourth-order valence-electron chi connectivity index (χ4n) is 1.60. The Labute approximate surface area is 124 Å². The molecule has 20 heavy (non-hydrogen) atoms. The van der Waals surface area contributed by atoms with Crippen LogP contribution >= 0.6 is 22.9 Å². The topological polar surface area (TPSA) is 64.4 Å². The van der Waals surface area contributed by atoms with E-state index in [2.05, 4.69) is 5.43 Å². The standard InChI is InChI=1S/C13H12ClFN2O2S/c1-7-8(5-11(20-7)13(18)17-16)6-19-10-4-2-3-9(14)12(10)15/h2-5H,6,16H2,1H3,(H,17,18). The van der Waals surface area contributed by atoms with E-state index in [1.54, 1.807) is 12.1 Å². The second-order valence-corrected chi connectivity index (χ2v) is 5.67. The Morgan fingerprint density at radius 1 is 1.55 bits per heavy atom. The van der Waals surface area contributed by atoms with Crippen LogP contribution in [0.3, 0.4) is 0 Å². The van der Waals surface area contributed by atoms with Crippen LogP contribution in [-0.2, 0) is 6.61 Å². The Morgan fingerprint density at radius 2 is 2.30 bits per heavy atom. The molecule has 0 saturated heterocycles. The minimum Gasteiger partial charge on any atom is -0.486 e. The number of carbonyl (C=O) groups is 1. The number of ether oxygens (including phenoxy) is 1. The number of carbonyl (C=O) groups excluding carboxylic acids is 1. The molecule has 2 rings (SSSR count). The van der Waals surface area contributed by atoms with E-state index in [9.17, 15) is 9.18 Å². The molecule has 0 bridgehead atoms. The zero-order valence-electron chi connectivity index (χ0n) is 10.6. The maximum Gasteiger partial charge on any atom is 0.275 e. The van der Waals surface area contributed by atoms with Gasteiger partial charge < -0.3 is 4.74 Å². The lowest BCUT2D eigenvalue weighted by Crippen LogP contribution is -2.29. The van der Waals surface area contributed by atoms with Gasteiger partial charge in [0.05, 0.1) is 9.90 Å². The Kier molecular flexibility index (Phi) is 4.59. The van der Waals surface area contributed by atoms with Gasteiger partial charge in [-0.15, -0.1) is 11.3 Å². The smallest absolute Gasteiger partial charge is 0.275 e. The van der Waals surface area contributed by atoms with Gasteiger partial charge in [0.15, 0.2) is 11.6 Å². The van der Waals surface area contributed by atoms with E-state index in [1.807, 2.05) is 6.92 Å². The summed E-state index contributed by atoms with van der Waals surface area (Å²) in [5.41, 5.74) is 2.86. The highest BCUT2D eigenvalue weighted by Crippen LogP contribution is 2.27. The second-order valence-electron chi connectivity index (χ2n) is 4.01. The van der Waals surface area contributed by atoms with E-state index in [4.69, 9.17) is 22.2 Å². The lowest BCUT2D eigenvalue weighted by molar-refractivity contribution is 0.0957. The summed E-state index contributed by atoms with van der Waals surface area (Å²) in [4.78, 5) is 12.8. The second kappa shape index (κ2) is 6.21. The fourth-order valence-corrected chi connectivity index (χ4v) is 2.69. The Hall–Kier alpha value is -1.63. The van der Waals surface area contributed by atoms with Crippen LogP contribution in [-0.4, -0.2) is 5.91 Å². The Bertz CT molecular complexity index is 645. The number of rotatable bonds is 4. The first kappa shape index (κ1) is 14.8. The third-order valence-electron chi connectivity index (χ3n) is 2.67. The molecule has 0 saturated carbocycles. The van der Waals surface area contributed by atoms with Crippen LogP contribution in [0.5, 0.6) is 5.75 Å². The van der Waals surface area contributed by atoms with Crippen molar-refractivity contribution in [3.05, 3.63) is 50.4 Å². The van der Waals surface area contributed by atoms with E-state index in [0.717, 1.165) is 10.4 Å². The van der Waals surface area contributed by atoms with Crippen LogP contribution in [0.25, 0.3) is 0 Å². The maximum atomic E-state index is 13.7.